The van der Waals surface area contributed by atoms with Crippen LogP contribution in [0.3, 0.4) is 0 Å². The van der Waals surface area contributed by atoms with Crippen molar-refractivity contribution in [1.29, 1.82) is 0 Å². The van der Waals surface area contributed by atoms with E-state index in [1.54, 1.807) is 6.08 Å². The topological polar surface area (TPSA) is 40.5 Å². The molecule has 0 amide bonds. The van der Waals surface area contributed by atoms with Gasteiger partial charge in [-0.2, -0.15) is 0 Å². The first-order chi connectivity index (χ1) is 6.61. The molecule has 0 aliphatic carbocycles. The third-order valence-corrected chi connectivity index (χ3v) is 2.53. The third-order valence-electron chi connectivity index (χ3n) is 2.53. The molecule has 0 unspecified atom stereocenters. The van der Waals surface area contributed by atoms with E-state index in [1.165, 1.54) is 0 Å². The summed E-state index contributed by atoms with van der Waals surface area (Å²) >= 11 is 0. The minimum atomic E-state index is -0.378. The zero-order chi connectivity index (χ0) is 11.0. The van der Waals surface area contributed by atoms with E-state index in [4.69, 9.17) is 5.11 Å². The fourth-order valence-electron chi connectivity index (χ4n) is 1.54. The Morgan fingerprint density at radius 3 is 2.36 bits per heavy atom. The van der Waals surface area contributed by atoms with Crippen LogP contribution >= 0.6 is 0 Å². The number of aliphatic hydroxyl groups is 2. The quantitative estimate of drug-likeness (QED) is 0.590. The van der Waals surface area contributed by atoms with Gasteiger partial charge in [-0.25, -0.2) is 0 Å². The van der Waals surface area contributed by atoms with Crippen molar-refractivity contribution < 1.29 is 10.2 Å². The Hall–Kier alpha value is -0.340. The van der Waals surface area contributed by atoms with Gasteiger partial charge >= 0.3 is 0 Å². The fourth-order valence-corrected chi connectivity index (χ4v) is 1.54. The van der Waals surface area contributed by atoms with Gasteiger partial charge in [0.05, 0.1) is 6.10 Å². The number of aliphatic hydroxyl groups excluding tert-OH is 2. The molecule has 84 valence electrons. The summed E-state index contributed by atoms with van der Waals surface area (Å²) < 4.78 is 0. The van der Waals surface area contributed by atoms with E-state index in [0.29, 0.717) is 12.3 Å². The van der Waals surface area contributed by atoms with Crippen LogP contribution in [0.4, 0.5) is 0 Å². The summed E-state index contributed by atoms with van der Waals surface area (Å²) in [5.74, 6) is 0.661. The Morgan fingerprint density at radius 2 is 1.93 bits per heavy atom. The molecule has 0 fully saturated rings. The predicted molar refractivity (Wildman–Crippen MR) is 60.1 cm³/mol. The predicted octanol–water partition coefficient (Wildman–Crippen LogP) is 2.36. The molecule has 2 nitrogen and oxygen atoms in total. The van der Waals surface area contributed by atoms with Crippen molar-refractivity contribution in [3.05, 3.63) is 12.7 Å². The monoisotopic (exact) mass is 200 g/mol. The lowest BCUT2D eigenvalue weighted by atomic mass is 9.94. The highest BCUT2D eigenvalue weighted by Gasteiger charge is 2.16. The minimum absolute atomic E-state index is 0.0281. The van der Waals surface area contributed by atoms with Crippen LogP contribution in [0.15, 0.2) is 12.7 Å². The first-order valence-electron chi connectivity index (χ1n) is 5.51. The van der Waals surface area contributed by atoms with Gasteiger partial charge < -0.3 is 10.2 Å². The number of allylic oxidation sites excluding steroid dienone is 1. The molecule has 2 heteroatoms. The van der Waals surface area contributed by atoms with Crippen molar-refractivity contribution in [2.75, 3.05) is 6.61 Å². The molecule has 0 radical (unpaired) electrons. The fraction of sp³-hybridized carbons (Fsp3) is 0.833. The van der Waals surface area contributed by atoms with E-state index in [0.717, 1.165) is 19.3 Å². The van der Waals surface area contributed by atoms with E-state index in [2.05, 4.69) is 20.4 Å². The largest absolute Gasteiger partial charge is 0.396 e. The maximum atomic E-state index is 9.75. The summed E-state index contributed by atoms with van der Waals surface area (Å²) in [6.45, 7) is 8.03. The average Bonchev–Trinajstić information content (AvgIpc) is 2.13. The Labute approximate surface area is 87.7 Å². The van der Waals surface area contributed by atoms with Gasteiger partial charge in [0, 0.05) is 12.5 Å². The Kier molecular flexibility index (Phi) is 7.81. The second-order valence-electron chi connectivity index (χ2n) is 4.36. The number of rotatable bonds is 8. The molecule has 0 aliphatic heterocycles. The van der Waals surface area contributed by atoms with Gasteiger partial charge in [-0.05, 0) is 18.8 Å². The lowest BCUT2D eigenvalue weighted by Gasteiger charge is -2.19. The zero-order valence-corrected chi connectivity index (χ0v) is 9.45. The molecule has 0 aromatic rings. The molecule has 0 saturated carbocycles. The van der Waals surface area contributed by atoms with E-state index in [1.807, 2.05) is 0 Å². The van der Waals surface area contributed by atoms with Crippen LogP contribution in [0.2, 0.25) is 0 Å². The lowest BCUT2D eigenvalue weighted by molar-refractivity contribution is 0.0599. The van der Waals surface area contributed by atoms with Gasteiger partial charge in [0.25, 0.3) is 0 Å². The van der Waals surface area contributed by atoms with E-state index in [-0.39, 0.29) is 18.6 Å². The van der Waals surface area contributed by atoms with Crippen molar-refractivity contribution in [2.45, 2.75) is 45.6 Å². The van der Waals surface area contributed by atoms with Gasteiger partial charge in [-0.15, -0.1) is 6.58 Å². The normalized spacial score (nSPS) is 15.5. The van der Waals surface area contributed by atoms with Gasteiger partial charge in [-0.3, -0.25) is 0 Å². The molecule has 0 aromatic carbocycles. The highest BCUT2D eigenvalue weighted by atomic mass is 16.3. The van der Waals surface area contributed by atoms with E-state index in [9.17, 15) is 5.11 Å². The summed E-state index contributed by atoms with van der Waals surface area (Å²) in [4.78, 5) is 0. The molecule has 0 saturated heterocycles. The highest BCUT2D eigenvalue weighted by Crippen LogP contribution is 2.16. The van der Waals surface area contributed by atoms with E-state index < -0.39 is 0 Å². The Balaban J connectivity index is 3.68. The Morgan fingerprint density at radius 1 is 1.29 bits per heavy atom. The molecule has 14 heavy (non-hydrogen) atoms. The van der Waals surface area contributed by atoms with Crippen LogP contribution in [0.5, 0.6) is 0 Å². The first kappa shape index (κ1) is 13.7. The maximum absolute atomic E-state index is 9.75. The molecule has 0 bridgehead atoms. The molecular formula is C12H24O2. The van der Waals surface area contributed by atoms with Crippen molar-refractivity contribution in [2.24, 2.45) is 11.8 Å². The molecule has 0 aliphatic rings. The van der Waals surface area contributed by atoms with Crippen molar-refractivity contribution in [3.63, 3.8) is 0 Å². The second-order valence-corrected chi connectivity index (χ2v) is 4.36. The maximum Gasteiger partial charge on any atom is 0.0593 e. The first-order valence-corrected chi connectivity index (χ1v) is 5.51. The second kappa shape index (κ2) is 8.01. The minimum Gasteiger partial charge on any atom is -0.396 e. The highest BCUT2D eigenvalue weighted by molar-refractivity contribution is 4.77. The van der Waals surface area contributed by atoms with Crippen molar-refractivity contribution in [3.8, 4) is 0 Å². The van der Waals surface area contributed by atoms with Crippen LogP contribution in [0.25, 0.3) is 0 Å². The van der Waals surface area contributed by atoms with Gasteiger partial charge in [0.2, 0.25) is 0 Å². The summed E-state index contributed by atoms with van der Waals surface area (Å²) in [5, 5.41) is 18.8. The van der Waals surface area contributed by atoms with Crippen LogP contribution in [0, 0.1) is 11.8 Å². The summed E-state index contributed by atoms with van der Waals surface area (Å²) in [6.07, 6.45) is 5.04. The smallest absolute Gasteiger partial charge is 0.0593 e. The summed E-state index contributed by atoms with van der Waals surface area (Å²) in [7, 11) is 0. The average molecular weight is 200 g/mol. The van der Waals surface area contributed by atoms with Crippen LogP contribution in [-0.4, -0.2) is 22.9 Å². The lowest BCUT2D eigenvalue weighted by Crippen LogP contribution is -2.23. The number of hydrogen-bond acceptors (Lipinski definition) is 2. The number of hydrogen-bond donors (Lipinski definition) is 2. The SMILES string of the molecule is C=CC[C@@H](CO)[C@@H](O)CCCC(C)C. The van der Waals surface area contributed by atoms with Crippen molar-refractivity contribution >= 4 is 0 Å². The third kappa shape index (κ3) is 6.17. The van der Waals surface area contributed by atoms with Gasteiger partial charge in [0.15, 0.2) is 0 Å². The molecule has 0 heterocycles. The molecule has 0 rings (SSSR count). The van der Waals surface area contributed by atoms with Crippen LogP contribution in [-0.2, 0) is 0 Å². The molecule has 2 N–H and O–H groups in total. The molecule has 2 atom stereocenters. The summed E-state index contributed by atoms with van der Waals surface area (Å²) in [6, 6.07) is 0. The Bertz CT molecular complexity index is 143. The van der Waals surface area contributed by atoms with Crippen molar-refractivity contribution in [1.82, 2.24) is 0 Å². The van der Waals surface area contributed by atoms with Crippen LogP contribution in [0.1, 0.15) is 39.5 Å². The molecular weight excluding hydrogens is 176 g/mol. The van der Waals surface area contributed by atoms with Crippen LogP contribution < -0.4 is 0 Å². The van der Waals surface area contributed by atoms with E-state index >= 15 is 0 Å². The summed E-state index contributed by atoms with van der Waals surface area (Å²) in [5.41, 5.74) is 0. The van der Waals surface area contributed by atoms with Gasteiger partial charge in [-0.1, -0.05) is 32.8 Å². The zero-order valence-electron chi connectivity index (χ0n) is 9.45. The van der Waals surface area contributed by atoms with Gasteiger partial charge in [0.1, 0.15) is 0 Å². The molecule has 0 aromatic heterocycles. The molecule has 0 spiro atoms. The standard InChI is InChI=1S/C12H24O2/c1-4-6-11(9-13)12(14)8-5-7-10(2)3/h4,10-14H,1,5-9H2,2-3H3/t11-,12-/m0/s1.